The lowest BCUT2D eigenvalue weighted by molar-refractivity contribution is -0.137. The zero-order chi connectivity index (χ0) is 34.1. The van der Waals surface area contributed by atoms with Crippen LogP contribution >= 0.6 is 11.6 Å². The number of carbonyl (C=O) groups excluding carboxylic acids is 3. The number of amides is 3. The first-order chi connectivity index (χ1) is 23.0. The van der Waals surface area contributed by atoms with Gasteiger partial charge in [-0.2, -0.15) is 5.10 Å². The summed E-state index contributed by atoms with van der Waals surface area (Å²) in [6.45, 7) is -0.862. The molecule has 0 radical (unpaired) electrons. The van der Waals surface area contributed by atoms with E-state index >= 15 is 0 Å². The van der Waals surface area contributed by atoms with Crippen molar-refractivity contribution in [2.75, 3.05) is 11.9 Å². The predicted molar refractivity (Wildman–Crippen MR) is 162 cm³/mol. The lowest BCUT2D eigenvalue weighted by Crippen LogP contribution is -2.44. The molecule has 0 spiro atoms. The molecule has 2 atom stereocenters. The van der Waals surface area contributed by atoms with Gasteiger partial charge in [0.05, 0.1) is 47.6 Å². The van der Waals surface area contributed by atoms with Crippen LogP contribution in [0.25, 0.3) is 22.2 Å². The molecule has 12 nitrogen and oxygen atoms in total. The minimum Gasteiger partial charge on any atom is -0.364 e. The maximum Gasteiger partial charge on any atom is 0.269 e. The standard InChI is InChI=1S/C31H20ClF4N9O3/c32-20-8-22(36)21(35)7-18(20)23-11-38-12-27(41-23)42-31(48)25-6-16(33)13-44(25)28(46)14-45-24-3-1-15(5-19(24)29(43-45)30(37)47)2-4-26-39-9-17(34)10-40-26/h1,3,5,7-12,16,25H,6,13-14H2,(H2,37,47)(H,41,42,48)/t16-,25+/m1/s1. The molecular weight excluding hydrogens is 658 g/mol. The number of hydrogen-bond acceptors (Lipinski definition) is 8. The predicted octanol–water partition coefficient (Wildman–Crippen LogP) is 3.43. The number of aromatic nitrogens is 6. The first-order valence-electron chi connectivity index (χ1n) is 14.0. The van der Waals surface area contributed by atoms with Crippen LogP contribution in [0.3, 0.4) is 0 Å². The molecule has 0 saturated carbocycles. The zero-order valence-electron chi connectivity index (χ0n) is 24.3. The number of benzene rings is 2. The summed E-state index contributed by atoms with van der Waals surface area (Å²) in [6.07, 6.45) is 2.49. The number of halogens is 5. The molecule has 0 aliphatic carbocycles. The minimum absolute atomic E-state index is 0.0171. The second kappa shape index (κ2) is 13.0. The zero-order valence-corrected chi connectivity index (χ0v) is 25.1. The number of nitrogens with two attached hydrogens (primary N) is 1. The van der Waals surface area contributed by atoms with Crippen LogP contribution in [-0.4, -0.2) is 71.1 Å². The van der Waals surface area contributed by atoms with Crippen LogP contribution in [0.15, 0.2) is 55.1 Å². The molecule has 2 aromatic carbocycles. The van der Waals surface area contributed by atoms with E-state index in [4.69, 9.17) is 17.3 Å². The van der Waals surface area contributed by atoms with E-state index in [9.17, 15) is 31.9 Å². The van der Waals surface area contributed by atoms with Crippen molar-refractivity contribution < 1.29 is 31.9 Å². The molecule has 6 rings (SSSR count). The fourth-order valence-electron chi connectivity index (χ4n) is 5.08. The van der Waals surface area contributed by atoms with Crippen LogP contribution in [0.5, 0.6) is 0 Å². The van der Waals surface area contributed by atoms with Gasteiger partial charge in [-0.3, -0.25) is 24.0 Å². The average Bonchev–Trinajstić information content (AvgIpc) is 3.63. The van der Waals surface area contributed by atoms with E-state index < -0.39 is 53.9 Å². The van der Waals surface area contributed by atoms with Gasteiger partial charge in [-0.15, -0.1) is 0 Å². The summed E-state index contributed by atoms with van der Waals surface area (Å²) >= 11 is 6.04. The average molecular weight is 678 g/mol. The first-order valence-corrected chi connectivity index (χ1v) is 14.4. The maximum absolute atomic E-state index is 14.6. The number of anilines is 1. The number of nitrogens with one attached hydrogen (secondary N) is 1. The van der Waals surface area contributed by atoms with Gasteiger partial charge in [0.2, 0.25) is 17.6 Å². The topological polar surface area (TPSA) is 162 Å². The van der Waals surface area contributed by atoms with E-state index in [1.54, 1.807) is 12.1 Å². The molecule has 3 amide bonds. The van der Waals surface area contributed by atoms with Crippen LogP contribution in [0.4, 0.5) is 23.4 Å². The summed E-state index contributed by atoms with van der Waals surface area (Å²) in [7, 11) is 0. The van der Waals surface area contributed by atoms with E-state index in [-0.39, 0.29) is 52.0 Å². The molecule has 0 unspecified atom stereocenters. The Kier molecular flexibility index (Phi) is 8.70. The summed E-state index contributed by atoms with van der Waals surface area (Å²) in [5.74, 6) is 0.149. The van der Waals surface area contributed by atoms with Gasteiger partial charge in [-0.1, -0.05) is 17.5 Å². The van der Waals surface area contributed by atoms with Gasteiger partial charge in [0, 0.05) is 22.9 Å². The van der Waals surface area contributed by atoms with Crippen molar-refractivity contribution in [2.45, 2.75) is 25.2 Å². The van der Waals surface area contributed by atoms with Crippen LogP contribution in [0.2, 0.25) is 5.02 Å². The number of fused-ring (bicyclic) bond motifs is 1. The number of primary amides is 1. The van der Waals surface area contributed by atoms with Gasteiger partial charge in [0.1, 0.15) is 18.8 Å². The minimum atomic E-state index is -1.52. The number of carbonyl (C=O) groups is 3. The molecule has 3 aromatic heterocycles. The largest absolute Gasteiger partial charge is 0.364 e. The SMILES string of the molecule is NC(=O)c1nn(CC(=O)N2C[C@H](F)C[C@H]2C(=O)Nc2cncc(-c3cc(F)c(F)cc3Cl)n2)c2ccc(C#Cc3ncc(F)cn3)cc12. The van der Waals surface area contributed by atoms with Crippen molar-refractivity contribution >= 4 is 46.0 Å². The van der Waals surface area contributed by atoms with E-state index in [0.717, 1.165) is 29.4 Å². The summed E-state index contributed by atoms with van der Waals surface area (Å²) < 4.78 is 56.3. The van der Waals surface area contributed by atoms with Gasteiger partial charge in [-0.05, 0) is 36.3 Å². The Bertz CT molecular complexity index is 2170. The smallest absolute Gasteiger partial charge is 0.269 e. The van der Waals surface area contributed by atoms with Crippen molar-refractivity contribution in [1.29, 1.82) is 0 Å². The van der Waals surface area contributed by atoms with E-state index in [1.165, 1.54) is 23.1 Å². The third-order valence-corrected chi connectivity index (χ3v) is 7.57. The lowest BCUT2D eigenvalue weighted by atomic mass is 10.1. The molecule has 1 aliphatic heterocycles. The molecule has 17 heteroatoms. The molecule has 48 heavy (non-hydrogen) atoms. The molecule has 3 N–H and O–H groups in total. The van der Waals surface area contributed by atoms with Crippen molar-refractivity contribution in [1.82, 2.24) is 34.6 Å². The van der Waals surface area contributed by atoms with Crippen molar-refractivity contribution in [3.05, 3.63) is 94.7 Å². The molecule has 4 heterocycles. The Morgan fingerprint density at radius 1 is 1.02 bits per heavy atom. The normalized spacial score (nSPS) is 15.6. The van der Waals surface area contributed by atoms with E-state index in [2.05, 4.69) is 42.2 Å². The Morgan fingerprint density at radius 2 is 1.77 bits per heavy atom. The van der Waals surface area contributed by atoms with Crippen LogP contribution < -0.4 is 11.1 Å². The third kappa shape index (κ3) is 6.62. The molecule has 5 aromatic rings. The summed E-state index contributed by atoms with van der Waals surface area (Å²) in [6, 6.07) is 5.01. The van der Waals surface area contributed by atoms with Gasteiger partial charge in [0.15, 0.2) is 29.0 Å². The van der Waals surface area contributed by atoms with Crippen molar-refractivity contribution in [3.8, 4) is 23.1 Å². The lowest BCUT2D eigenvalue weighted by Gasteiger charge is -2.23. The molecule has 1 aliphatic rings. The van der Waals surface area contributed by atoms with Crippen molar-refractivity contribution in [3.63, 3.8) is 0 Å². The third-order valence-electron chi connectivity index (χ3n) is 7.25. The van der Waals surface area contributed by atoms with Crippen molar-refractivity contribution in [2.24, 2.45) is 5.73 Å². The molecular formula is C31H20ClF4N9O3. The molecule has 0 bridgehead atoms. The van der Waals surface area contributed by atoms with E-state index in [1.807, 2.05) is 0 Å². The van der Waals surface area contributed by atoms with Gasteiger partial charge < -0.3 is 16.0 Å². The quantitative estimate of drug-likeness (QED) is 0.157. The van der Waals surface area contributed by atoms with Gasteiger partial charge >= 0.3 is 0 Å². The number of likely N-dealkylation sites (tertiary alicyclic amines) is 1. The van der Waals surface area contributed by atoms with Crippen LogP contribution in [0.1, 0.15) is 28.3 Å². The van der Waals surface area contributed by atoms with Gasteiger partial charge in [0.25, 0.3) is 5.91 Å². The molecule has 242 valence electrons. The molecule has 1 saturated heterocycles. The van der Waals surface area contributed by atoms with Gasteiger partial charge in [-0.25, -0.2) is 32.5 Å². The second-order valence-electron chi connectivity index (χ2n) is 10.5. The van der Waals surface area contributed by atoms with E-state index in [0.29, 0.717) is 11.1 Å². The Morgan fingerprint density at radius 3 is 2.52 bits per heavy atom. The monoisotopic (exact) mass is 677 g/mol. The summed E-state index contributed by atoms with van der Waals surface area (Å²) in [5, 5.41) is 6.81. The Hall–Kier alpha value is -5.95. The number of alkyl halides is 1. The van der Waals surface area contributed by atoms with Crippen LogP contribution in [-0.2, 0) is 16.1 Å². The highest BCUT2D eigenvalue weighted by Crippen LogP contribution is 2.30. The molecule has 1 fully saturated rings. The number of rotatable bonds is 6. The second-order valence-corrected chi connectivity index (χ2v) is 10.9. The highest BCUT2D eigenvalue weighted by Gasteiger charge is 2.40. The highest BCUT2D eigenvalue weighted by atomic mass is 35.5. The van der Waals surface area contributed by atoms with Crippen LogP contribution in [0, 0.1) is 29.3 Å². The fourth-order valence-corrected chi connectivity index (χ4v) is 5.32. The highest BCUT2D eigenvalue weighted by molar-refractivity contribution is 6.33. The Labute approximate surface area is 273 Å². The number of hydrogen-bond donors (Lipinski definition) is 2. The first kappa shape index (κ1) is 32.0. The Balaban J connectivity index is 1.21. The number of nitrogens with zero attached hydrogens (tertiary/aromatic N) is 7. The summed E-state index contributed by atoms with van der Waals surface area (Å²) in [5.41, 5.74) is 6.18. The maximum atomic E-state index is 14.6. The fraction of sp³-hybridized carbons (Fsp3) is 0.161. The summed E-state index contributed by atoms with van der Waals surface area (Å²) in [4.78, 5) is 55.7.